The van der Waals surface area contributed by atoms with Crippen molar-refractivity contribution in [3.8, 4) is 17.1 Å². The minimum absolute atomic E-state index is 0.0231. The lowest BCUT2D eigenvalue weighted by Crippen LogP contribution is -2.16. The summed E-state index contributed by atoms with van der Waals surface area (Å²) in [6.45, 7) is 3.73. The van der Waals surface area contributed by atoms with Crippen LogP contribution in [0.2, 0.25) is 5.02 Å². The number of hydrogen-bond donors (Lipinski definition) is 0. The van der Waals surface area contributed by atoms with Gasteiger partial charge in [0.25, 0.3) is 0 Å². The molecule has 0 N–H and O–H groups in total. The maximum atomic E-state index is 13.2. The molecule has 5 nitrogen and oxygen atoms in total. The van der Waals surface area contributed by atoms with Crippen molar-refractivity contribution in [2.45, 2.75) is 13.8 Å². The molecule has 140 valence electrons. The van der Waals surface area contributed by atoms with E-state index in [1.807, 2.05) is 19.9 Å². The van der Waals surface area contributed by atoms with Crippen molar-refractivity contribution in [2.24, 2.45) is 0 Å². The maximum absolute atomic E-state index is 13.2. The summed E-state index contributed by atoms with van der Waals surface area (Å²) in [7, 11) is 0. The lowest BCUT2D eigenvalue weighted by molar-refractivity contribution is 0.0698. The second-order valence-corrected chi connectivity index (χ2v) is 6.80. The maximum Gasteiger partial charge on any atom is 0.379 e. The Labute approximate surface area is 165 Å². The van der Waals surface area contributed by atoms with E-state index >= 15 is 0 Å². The van der Waals surface area contributed by atoms with Gasteiger partial charge in [-0.05, 0) is 55.3 Å². The van der Waals surface area contributed by atoms with Crippen LogP contribution in [-0.2, 0) is 0 Å². The van der Waals surface area contributed by atoms with Gasteiger partial charge in [0.1, 0.15) is 5.58 Å². The zero-order valence-corrected chi connectivity index (χ0v) is 15.9. The number of carbonyl (C=O) groups excluding carboxylic acids is 1. The van der Waals surface area contributed by atoms with E-state index < -0.39 is 11.4 Å². The first-order valence-electron chi connectivity index (χ1n) is 8.54. The molecule has 4 aromatic rings. The zero-order chi connectivity index (χ0) is 19.8. The molecule has 0 saturated heterocycles. The molecule has 0 radical (unpaired) electrons. The van der Waals surface area contributed by atoms with Crippen LogP contribution in [0.5, 0.6) is 5.75 Å². The summed E-state index contributed by atoms with van der Waals surface area (Å²) in [5.74, 6) is -0.957. The first-order valence-corrected chi connectivity index (χ1v) is 8.92. The van der Waals surface area contributed by atoms with Crippen LogP contribution in [0.25, 0.3) is 22.3 Å². The van der Waals surface area contributed by atoms with Gasteiger partial charge in [0.05, 0.1) is 16.7 Å². The number of ether oxygens (including phenoxy) is 1. The molecule has 28 heavy (non-hydrogen) atoms. The SMILES string of the molecule is Cc1cc(C)c2oc(-c3ccccc3Cl)c(OC(=O)c3ccco3)c(=O)c2c1. The van der Waals surface area contributed by atoms with Crippen LogP contribution in [0.4, 0.5) is 0 Å². The van der Waals surface area contributed by atoms with Gasteiger partial charge in [-0.25, -0.2) is 4.79 Å². The van der Waals surface area contributed by atoms with E-state index in [1.54, 1.807) is 36.4 Å². The third-order valence-electron chi connectivity index (χ3n) is 4.32. The van der Waals surface area contributed by atoms with Gasteiger partial charge < -0.3 is 13.6 Å². The van der Waals surface area contributed by atoms with E-state index in [0.717, 1.165) is 11.1 Å². The fourth-order valence-electron chi connectivity index (χ4n) is 3.09. The van der Waals surface area contributed by atoms with E-state index in [0.29, 0.717) is 21.6 Å². The van der Waals surface area contributed by atoms with Crippen molar-refractivity contribution in [3.05, 3.63) is 86.9 Å². The number of hydrogen-bond acceptors (Lipinski definition) is 5. The third-order valence-corrected chi connectivity index (χ3v) is 4.65. The highest BCUT2D eigenvalue weighted by Gasteiger charge is 2.24. The zero-order valence-electron chi connectivity index (χ0n) is 15.1. The molecule has 2 aromatic carbocycles. The van der Waals surface area contributed by atoms with Crippen LogP contribution in [0.15, 0.2) is 68.4 Å². The van der Waals surface area contributed by atoms with Crippen LogP contribution >= 0.6 is 11.6 Å². The Kier molecular flexibility index (Phi) is 4.53. The topological polar surface area (TPSA) is 69.7 Å². The van der Waals surface area contributed by atoms with E-state index in [1.165, 1.54) is 12.3 Å². The number of aryl methyl sites for hydroxylation is 2. The Hall–Kier alpha value is -3.31. The number of furan rings is 1. The highest BCUT2D eigenvalue weighted by Crippen LogP contribution is 2.36. The Morgan fingerprint density at radius 2 is 1.86 bits per heavy atom. The van der Waals surface area contributed by atoms with Gasteiger partial charge >= 0.3 is 5.97 Å². The highest BCUT2D eigenvalue weighted by atomic mass is 35.5. The van der Waals surface area contributed by atoms with Gasteiger partial charge in [0.15, 0.2) is 5.76 Å². The monoisotopic (exact) mass is 394 g/mol. The minimum atomic E-state index is -0.797. The van der Waals surface area contributed by atoms with Gasteiger partial charge in [-0.1, -0.05) is 29.8 Å². The van der Waals surface area contributed by atoms with Crippen LogP contribution in [-0.4, -0.2) is 5.97 Å². The Morgan fingerprint density at radius 1 is 1.07 bits per heavy atom. The Balaban J connectivity index is 2.01. The molecule has 0 spiro atoms. The summed E-state index contributed by atoms with van der Waals surface area (Å²) in [5, 5.41) is 0.695. The van der Waals surface area contributed by atoms with Crippen LogP contribution in [0, 0.1) is 13.8 Å². The molecule has 0 aliphatic carbocycles. The molecule has 0 saturated carbocycles. The van der Waals surface area contributed by atoms with Gasteiger partial charge in [-0.3, -0.25) is 4.79 Å². The average molecular weight is 395 g/mol. The van der Waals surface area contributed by atoms with Gasteiger partial charge in [-0.15, -0.1) is 0 Å². The van der Waals surface area contributed by atoms with Crippen molar-refractivity contribution in [1.29, 1.82) is 0 Å². The van der Waals surface area contributed by atoms with Crippen LogP contribution in [0.1, 0.15) is 21.7 Å². The summed E-state index contributed by atoms with van der Waals surface area (Å²) in [4.78, 5) is 25.7. The molecule has 0 atom stereocenters. The molecule has 2 heterocycles. The first-order chi connectivity index (χ1) is 13.5. The Morgan fingerprint density at radius 3 is 2.57 bits per heavy atom. The molecule has 2 aromatic heterocycles. The van der Waals surface area contributed by atoms with Crippen LogP contribution in [0.3, 0.4) is 0 Å². The summed E-state index contributed by atoms with van der Waals surface area (Å²) in [6, 6.07) is 13.5. The summed E-state index contributed by atoms with van der Waals surface area (Å²) in [6.07, 6.45) is 1.35. The molecule has 0 aliphatic rings. The summed E-state index contributed by atoms with van der Waals surface area (Å²) >= 11 is 6.31. The van der Waals surface area contributed by atoms with Crippen molar-refractivity contribution >= 4 is 28.5 Å². The lowest BCUT2D eigenvalue weighted by Gasteiger charge is -2.12. The highest BCUT2D eigenvalue weighted by molar-refractivity contribution is 6.33. The van der Waals surface area contributed by atoms with Gasteiger partial charge in [-0.2, -0.15) is 0 Å². The number of benzene rings is 2. The summed E-state index contributed by atoms with van der Waals surface area (Å²) in [5.41, 5.74) is 2.10. The second kappa shape index (κ2) is 7.02. The lowest BCUT2D eigenvalue weighted by atomic mass is 10.1. The van der Waals surface area contributed by atoms with E-state index in [4.69, 9.17) is 25.2 Å². The quantitative estimate of drug-likeness (QED) is 0.426. The number of fused-ring (bicyclic) bond motifs is 1. The molecule has 0 amide bonds. The summed E-state index contributed by atoms with van der Waals surface area (Å²) < 4.78 is 16.5. The molecular weight excluding hydrogens is 380 g/mol. The Bertz CT molecular complexity index is 1250. The molecule has 0 bridgehead atoms. The second-order valence-electron chi connectivity index (χ2n) is 6.39. The predicted molar refractivity (Wildman–Crippen MR) is 106 cm³/mol. The van der Waals surface area contributed by atoms with E-state index in [2.05, 4.69) is 0 Å². The minimum Gasteiger partial charge on any atom is -0.457 e. The smallest absolute Gasteiger partial charge is 0.379 e. The van der Waals surface area contributed by atoms with Crippen molar-refractivity contribution < 1.29 is 18.4 Å². The standard InChI is InChI=1S/C22H15ClO5/c1-12-10-13(2)19-15(11-12)18(24)21(28-22(25)17-8-5-9-26-17)20(27-19)14-6-3-4-7-16(14)23/h3-11H,1-2H3. The van der Waals surface area contributed by atoms with Crippen molar-refractivity contribution in [2.75, 3.05) is 0 Å². The number of esters is 1. The predicted octanol–water partition coefficient (Wildman–Crippen LogP) is 5.54. The molecule has 4 rings (SSSR count). The van der Waals surface area contributed by atoms with E-state index in [9.17, 15) is 9.59 Å². The van der Waals surface area contributed by atoms with Crippen LogP contribution < -0.4 is 10.2 Å². The molecule has 0 aliphatic heterocycles. The number of rotatable bonds is 3. The fourth-order valence-corrected chi connectivity index (χ4v) is 3.31. The largest absolute Gasteiger partial charge is 0.457 e. The molecule has 0 fully saturated rings. The van der Waals surface area contributed by atoms with Crippen molar-refractivity contribution in [1.82, 2.24) is 0 Å². The van der Waals surface area contributed by atoms with E-state index in [-0.39, 0.29) is 17.3 Å². The normalized spacial score (nSPS) is 11.0. The first kappa shape index (κ1) is 18.1. The van der Waals surface area contributed by atoms with Crippen molar-refractivity contribution in [3.63, 3.8) is 0 Å². The number of carbonyl (C=O) groups is 1. The molecule has 6 heteroatoms. The van der Waals surface area contributed by atoms with Gasteiger partial charge in [0, 0.05) is 5.56 Å². The average Bonchev–Trinajstić information content (AvgIpc) is 3.20. The molecular formula is C22H15ClO5. The number of halogens is 1. The fraction of sp³-hybridized carbons (Fsp3) is 0.0909. The molecule has 0 unspecified atom stereocenters. The van der Waals surface area contributed by atoms with Gasteiger partial charge in [0.2, 0.25) is 16.9 Å². The third kappa shape index (κ3) is 3.10.